The average molecular weight is 312 g/mol. The van der Waals surface area contributed by atoms with Crippen molar-refractivity contribution in [2.45, 2.75) is 6.54 Å². The first-order chi connectivity index (χ1) is 11.2. The molecule has 2 aromatic heterocycles. The largest absolute Gasteiger partial charge is 0.334 e. The smallest absolute Gasteiger partial charge is 0.260 e. The van der Waals surface area contributed by atoms with Crippen molar-refractivity contribution in [2.75, 3.05) is 0 Å². The molecule has 7 heteroatoms. The molecule has 0 unspecified atom stereocenters. The van der Waals surface area contributed by atoms with Crippen LogP contribution in [0, 0.1) is 11.6 Å². The highest BCUT2D eigenvalue weighted by atomic mass is 19.1. The van der Waals surface area contributed by atoms with E-state index >= 15 is 0 Å². The molecule has 0 aliphatic heterocycles. The summed E-state index contributed by atoms with van der Waals surface area (Å²) in [5.41, 5.74) is 0.866. The predicted octanol–water partition coefficient (Wildman–Crippen LogP) is 3.41. The first-order valence-corrected chi connectivity index (χ1v) is 6.90. The van der Waals surface area contributed by atoms with Crippen LogP contribution in [0.25, 0.3) is 22.4 Å². The van der Waals surface area contributed by atoms with Gasteiger partial charge >= 0.3 is 0 Å². The molecule has 4 rings (SSSR count). The second-order valence-corrected chi connectivity index (χ2v) is 4.97. The topological polar surface area (TPSA) is 56.7 Å². The number of hydrogen-bond donors (Lipinski definition) is 0. The third-order valence-corrected chi connectivity index (χ3v) is 3.50. The number of aromatic nitrogens is 4. The van der Waals surface area contributed by atoms with Crippen LogP contribution in [-0.2, 0) is 6.54 Å². The van der Waals surface area contributed by atoms with E-state index in [1.807, 2.05) is 0 Å². The molecule has 0 fully saturated rings. The lowest BCUT2D eigenvalue weighted by molar-refractivity contribution is 0.417. The van der Waals surface area contributed by atoms with Gasteiger partial charge in [-0.25, -0.2) is 8.78 Å². The van der Waals surface area contributed by atoms with Crippen molar-refractivity contribution < 1.29 is 13.3 Å². The van der Waals surface area contributed by atoms with Crippen molar-refractivity contribution in [1.29, 1.82) is 0 Å². The van der Waals surface area contributed by atoms with E-state index in [1.165, 1.54) is 18.3 Å². The number of rotatable bonds is 3. The molecule has 5 nitrogen and oxygen atoms in total. The zero-order valence-corrected chi connectivity index (χ0v) is 11.8. The van der Waals surface area contributed by atoms with E-state index in [9.17, 15) is 8.78 Å². The van der Waals surface area contributed by atoms with Gasteiger partial charge in [0.25, 0.3) is 5.89 Å². The number of hydrogen-bond acceptors (Lipinski definition) is 4. The standard InChI is InChI=1S/C16H10F2N4O/c17-12-5-2-1-4-10(12)16-20-15(21-23-16)9-22-14-7-3-6-13(18)11(14)8-19-22/h1-8H,9H2. The summed E-state index contributed by atoms with van der Waals surface area (Å²) in [7, 11) is 0. The highest BCUT2D eigenvalue weighted by Crippen LogP contribution is 2.21. The van der Waals surface area contributed by atoms with Gasteiger partial charge in [-0.3, -0.25) is 4.68 Å². The molecule has 0 spiro atoms. The normalized spacial score (nSPS) is 11.2. The molecule has 4 aromatic rings. The maximum atomic E-state index is 13.7. The molecular formula is C16H10F2N4O. The van der Waals surface area contributed by atoms with Crippen molar-refractivity contribution in [2.24, 2.45) is 0 Å². The van der Waals surface area contributed by atoms with Crippen molar-refractivity contribution in [3.05, 3.63) is 66.1 Å². The van der Waals surface area contributed by atoms with Gasteiger partial charge in [0, 0.05) is 0 Å². The fourth-order valence-corrected chi connectivity index (χ4v) is 2.39. The van der Waals surface area contributed by atoms with Crippen LogP contribution in [0.4, 0.5) is 8.78 Å². The van der Waals surface area contributed by atoms with Gasteiger partial charge in [0.15, 0.2) is 5.82 Å². The molecule has 0 atom stereocenters. The molecule has 0 saturated carbocycles. The van der Waals surface area contributed by atoms with Gasteiger partial charge in [0.2, 0.25) is 0 Å². The Morgan fingerprint density at radius 1 is 1.00 bits per heavy atom. The van der Waals surface area contributed by atoms with Crippen LogP contribution in [0.15, 0.2) is 53.2 Å². The first kappa shape index (κ1) is 13.6. The van der Waals surface area contributed by atoms with Crippen LogP contribution in [-0.4, -0.2) is 19.9 Å². The van der Waals surface area contributed by atoms with E-state index in [2.05, 4.69) is 15.2 Å². The van der Waals surface area contributed by atoms with Crippen LogP contribution >= 0.6 is 0 Å². The Morgan fingerprint density at radius 2 is 1.83 bits per heavy atom. The van der Waals surface area contributed by atoms with Crippen LogP contribution in [0.5, 0.6) is 0 Å². The number of fused-ring (bicyclic) bond motifs is 1. The summed E-state index contributed by atoms with van der Waals surface area (Å²) in [6.07, 6.45) is 1.45. The second-order valence-electron chi connectivity index (χ2n) is 4.97. The van der Waals surface area contributed by atoms with Gasteiger partial charge in [0.1, 0.15) is 18.2 Å². The van der Waals surface area contributed by atoms with E-state index in [0.29, 0.717) is 16.7 Å². The maximum Gasteiger partial charge on any atom is 0.260 e. The maximum absolute atomic E-state index is 13.7. The van der Waals surface area contributed by atoms with Crippen molar-refractivity contribution in [3.8, 4) is 11.5 Å². The van der Waals surface area contributed by atoms with Crippen molar-refractivity contribution >= 4 is 10.9 Å². The van der Waals surface area contributed by atoms with Gasteiger partial charge in [-0.05, 0) is 24.3 Å². The predicted molar refractivity (Wildman–Crippen MR) is 78.5 cm³/mol. The fourth-order valence-electron chi connectivity index (χ4n) is 2.39. The van der Waals surface area contributed by atoms with Gasteiger partial charge in [-0.1, -0.05) is 23.4 Å². The molecule has 0 radical (unpaired) electrons. The Kier molecular flexibility index (Phi) is 3.11. The summed E-state index contributed by atoms with van der Waals surface area (Å²) >= 11 is 0. The van der Waals surface area contributed by atoms with Gasteiger partial charge in [-0.15, -0.1) is 0 Å². The minimum Gasteiger partial charge on any atom is -0.334 e. The average Bonchev–Trinajstić information content (AvgIpc) is 3.17. The van der Waals surface area contributed by atoms with Gasteiger partial charge in [-0.2, -0.15) is 10.1 Å². The lowest BCUT2D eigenvalue weighted by Crippen LogP contribution is -2.03. The van der Waals surface area contributed by atoms with E-state index in [1.54, 1.807) is 35.0 Å². The summed E-state index contributed by atoms with van der Waals surface area (Å²) in [5.74, 6) is -0.346. The van der Waals surface area contributed by atoms with Crippen molar-refractivity contribution in [3.63, 3.8) is 0 Å². The molecule has 0 amide bonds. The summed E-state index contributed by atoms with van der Waals surface area (Å²) in [5, 5.41) is 8.38. The Bertz CT molecular complexity index is 993. The Labute approximate surface area is 129 Å². The molecule has 0 bridgehead atoms. The van der Waals surface area contributed by atoms with E-state index in [4.69, 9.17) is 4.52 Å². The molecular weight excluding hydrogens is 302 g/mol. The van der Waals surface area contributed by atoms with Crippen LogP contribution in [0.1, 0.15) is 5.82 Å². The summed E-state index contributed by atoms with van der Waals surface area (Å²) in [4.78, 5) is 4.17. The first-order valence-electron chi connectivity index (χ1n) is 6.90. The van der Waals surface area contributed by atoms with Crippen LogP contribution < -0.4 is 0 Å². The molecule has 0 saturated heterocycles. The number of benzene rings is 2. The molecule has 0 N–H and O–H groups in total. The van der Waals surface area contributed by atoms with Crippen LogP contribution in [0.3, 0.4) is 0 Å². The number of halogens is 2. The van der Waals surface area contributed by atoms with Gasteiger partial charge in [0.05, 0.1) is 22.7 Å². The number of nitrogens with zero attached hydrogens (tertiary/aromatic N) is 4. The van der Waals surface area contributed by atoms with Crippen LogP contribution in [0.2, 0.25) is 0 Å². The van der Waals surface area contributed by atoms with Gasteiger partial charge < -0.3 is 4.52 Å². The minimum absolute atomic E-state index is 0.0979. The monoisotopic (exact) mass is 312 g/mol. The molecule has 114 valence electrons. The highest BCUT2D eigenvalue weighted by molar-refractivity contribution is 5.79. The Balaban J connectivity index is 1.67. The lowest BCUT2D eigenvalue weighted by Gasteiger charge is -1.99. The molecule has 2 aromatic carbocycles. The second kappa shape index (κ2) is 5.28. The lowest BCUT2D eigenvalue weighted by atomic mass is 10.2. The quantitative estimate of drug-likeness (QED) is 0.582. The summed E-state index contributed by atoms with van der Waals surface area (Å²) in [6.45, 7) is 0.199. The van der Waals surface area contributed by atoms with Crippen molar-refractivity contribution in [1.82, 2.24) is 19.9 Å². The van der Waals surface area contributed by atoms with E-state index in [-0.39, 0.29) is 23.8 Å². The zero-order chi connectivity index (χ0) is 15.8. The molecule has 0 aliphatic carbocycles. The Morgan fingerprint density at radius 3 is 2.70 bits per heavy atom. The Hall–Kier alpha value is -3.09. The molecule has 0 aliphatic rings. The SMILES string of the molecule is Fc1ccccc1-c1nc(Cn2ncc3c(F)cccc32)no1. The fraction of sp³-hybridized carbons (Fsp3) is 0.0625. The van der Waals surface area contributed by atoms with E-state index < -0.39 is 5.82 Å². The van der Waals surface area contributed by atoms with E-state index in [0.717, 1.165) is 0 Å². The highest BCUT2D eigenvalue weighted by Gasteiger charge is 2.14. The minimum atomic E-state index is -0.436. The summed E-state index contributed by atoms with van der Waals surface area (Å²) < 4.78 is 34.1. The molecule has 23 heavy (non-hydrogen) atoms. The molecule has 2 heterocycles. The third kappa shape index (κ3) is 2.36. The third-order valence-electron chi connectivity index (χ3n) is 3.50. The zero-order valence-electron chi connectivity index (χ0n) is 11.8. The summed E-state index contributed by atoms with van der Waals surface area (Å²) in [6, 6.07) is 10.9.